The molecule has 0 aliphatic carbocycles. The molecule has 0 unspecified atom stereocenters. The molecule has 128 valence electrons. The molecule has 7 nitrogen and oxygen atoms in total. The molecule has 2 aromatic rings. The first-order chi connectivity index (χ1) is 11.2. The van der Waals surface area contributed by atoms with Gasteiger partial charge in [0.25, 0.3) is 10.9 Å². The van der Waals surface area contributed by atoms with E-state index in [9.17, 15) is 14.4 Å². The molecular formula is C17H20N2O5. The van der Waals surface area contributed by atoms with Crippen molar-refractivity contribution in [1.29, 1.82) is 0 Å². The van der Waals surface area contributed by atoms with E-state index in [0.717, 1.165) is 5.56 Å². The monoisotopic (exact) mass is 332 g/mol. The summed E-state index contributed by atoms with van der Waals surface area (Å²) < 4.78 is 10.0. The molecule has 0 saturated heterocycles. The predicted octanol–water partition coefficient (Wildman–Crippen LogP) is 2.06. The lowest BCUT2D eigenvalue weighted by atomic mass is 10.1. The number of benzene rings is 1. The van der Waals surface area contributed by atoms with Crippen LogP contribution in [0.5, 0.6) is 5.75 Å². The Balaban J connectivity index is 1.94. The molecule has 0 fully saturated rings. The van der Waals surface area contributed by atoms with Crippen molar-refractivity contribution in [2.24, 2.45) is 0 Å². The fraction of sp³-hybridized carbons (Fsp3) is 0.353. The van der Waals surface area contributed by atoms with Crippen LogP contribution in [-0.2, 0) is 11.3 Å². The molecular weight excluding hydrogens is 312 g/mol. The number of hydrogen-bond donors (Lipinski definition) is 2. The fourth-order valence-electron chi connectivity index (χ4n) is 2.02. The Morgan fingerprint density at radius 2 is 1.71 bits per heavy atom. The van der Waals surface area contributed by atoms with Crippen molar-refractivity contribution >= 4 is 17.5 Å². The van der Waals surface area contributed by atoms with Gasteiger partial charge in [0.2, 0.25) is 0 Å². The number of nitrogens with one attached hydrogen (secondary N) is 2. The van der Waals surface area contributed by atoms with Gasteiger partial charge < -0.3 is 20.1 Å². The third kappa shape index (κ3) is 4.13. The minimum absolute atomic E-state index is 0.0377. The first kappa shape index (κ1) is 17.5. The highest BCUT2D eigenvalue weighted by Gasteiger charge is 2.21. The van der Waals surface area contributed by atoms with Crippen LogP contribution in [0.25, 0.3) is 0 Å². The molecule has 0 aromatic heterocycles. The van der Waals surface area contributed by atoms with E-state index in [4.69, 9.17) is 9.47 Å². The normalized spacial score (nSPS) is 11.2. The van der Waals surface area contributed by atoms with Gasteiger partial charge in [0.15, 0.2) is 5.75 Å². The van der Waals surface area contributed by atoms with E-state index in [-0.39, 0.29) is 11.4 Å². The van der Waals surface area contributed by atoms with Crippen molar-refractivity contribution in [1.82, 2.24) is 5.32 Å². The number of carbonyl (C=O) groups excluding carboxylic acids is 1. The Morgan fingerprint density at radius 3 is 2.25 bits per heavy atom. The lowest BCUT2D eigenvalue weighted by Crippen LogP contribution is -2.34. The van der Waals surface area contributed by atoms with Gasteiger partial charge in [-0.05, 0) is 38.5 Å². The van der Waals surface area contributed by atoms with Gasteiger partial charge in [-0.3, -0.25) is 9.59 Å². The molecule has 0 saturated carbocycles. The molecule has 2 aromatic carbocycles. The Morgan fingerprint density at radius 1 is 1.08 bits per heavy atom. The second-order valence-corrected chi connectivity index (χ2v) is 6.24. The molecule has 0 aliphatic heterocycles. The highest BCUT2D eigenvalue weighted by Crippen LogP contribution is 2.22. The van der Waals surface area contributed by atoms with Crippen molar-refractivity contribution in [3.05, 3.63) is 50.3 Å². The zero-order valence-electron chi connectivity index (χ0n) is 14.1. The summed E-state index contributed by atoms with van der Waals surface area (Å²) in [6, 6.07) is 7.06. The highest BCUT2D eigenvalue weighted by molar-refractivity contribution is 5.70. The summed E-state index contributed by atoms with van der Waals surface area (Å²) in [7, 11) is 1.34. The van der Waals surface area contributed by atoms with Crippen LogP contribution in [0, 0.1) is 0 Å². The summed E-state index contributed by atoms with van der Waals surface area (Å²) in [4.78, 5) is 34.3. The Bertz CT molecular complexity index is 796. The zero-order chi connectivity index (χ0) is 17.9. The van der Waals surface area contributed by atoms with Gasteiger partial charge >= 0.3 is 6.09 Å². The summed E-state index contributed by atoms with van der Waals surface area (Å²) >= 11 is 0. The summed E-state index contributed by atoms with van der Waals surface area (Å²) in [6.07, 6.45) is -0.488. The molecule has 0 bridgehead atoms. The van der Waals surface area contributed by atoms with E-state index in [1.54, 1.807) is 45.0 Å². The lowest BCUT2D eigenvalue weighted by Gasteiger charge is -2.19. The largest absolute Gasteiger partial charge is 0.491 e. The smallest absolute Gasteiger partial charge is 0.407 e. The third-order valence-electron chi connectivity index (χ3n) is 3.13. The number of amides is 1. The van der Waals surface area contributed by atoms with Gasteiger partial charge in [-0.15, -0.1) is 0 Å². The van der Waals surface area contributed by atoms with Gasteiger partial charge in [0.1, 0.15) is 11.3 Å². The second kappa shape index (κ2) is 6.74. The lowest BCUT2D eigenvalue weighted by molar-refractivity contribution is 0.0523. The molecule has 2 rings (SSSR count). The molecule has 0 spiro atoms. The van der Waals surface area contributed by atoms with E-state index >= 15 is 0 Å². The zero-order valence-corrected chi connectivity index (χ0v) is 14.1. The van der Waals surface area contributed by atoms with Crippen LogP contribution in [0.3, 0.4) is 0 Å². The van der Waals surface area contributed by atoms with Crippen molar-refractivity contribution in [2.45, 2.75) is 32.9 Å². The van der Waals surface area contributed by atoms with E-state index in [2.05, 4.69) is 10.6 Å². The number of methoxy groups -OCH3 is 1. The number of alkyl carbamates (subject to hydrolysis) is 1. The van der Waals surface area contributed by atoms with Gasteiger partial charge in [-0.1, -0.05) is 12.1 Å². The number of hydrogen-bond acceptors (Lipinski definition) is 6. The third-order valence-corrected chi connectivity index (χ3v) is 3.13. The van der Waals surface area contributed by atoms with Gasteiger partial charge in [-0.25, -0.2) is 4.79 Å². The SMILES string of the molecule is COc1c(Nc2ccc(CNC(=O)OC(C)(C)C)cc2)c(=O)c1=O. The van der Waals surface area contributed by atoms with Crippen LogP contribution in [0.15, 0.2) is 33.9 Å². The van der Waals surface area contributed by atoms with Crippen LogP contribution in [-0.4, -0.2) is 18.8 Å². The first-order valence-corrected chi connectivity index (χ1v) is 7.41. The summed E-state index contributed by atoms with van der Waals surface area (Å²) in [5.41, 5.74) is -0.107. The molecule has 1 amide bonds. The predicted molar refractivity (Wildman–Crippen MR) is 90.7 cm³/mol. The summed E-state index contributed by atoms with van der Waals surface area (Å²) in [5.74, 6) is 0.0377. The fourth-order valence-corrected chi connectivity index (χ4v) is 2.02. The van der Waals surface area contributed by atoms with Gasteiger partial charge in [-0.2, -0.15) is 0 Å². The molecule has 0 heterocycles. The van der Waals surface area contributed by atoms with Crippen molar-refractivity contribution in [3.8, 4) is 5.75 Å². The van der Waals surface area contributed by atoms with Crippen molar-refractivity contribution < 1.29 is 14.3 Å². The maximum atomic E-state index is 11.6. The maximum Gasteiger partial charge on any atom is 0.407 e. The number of ether oxygens (including phenoxy) is 2. The number of anilines is 2. The van der Waals surface area contributed by atoms with Crippen LogP contribution < -0.4 is 26.2 Å². The maximum absolute atomic E-state index is 11.6. The summed E-state index contributed by atoms with van der Waals surface area (Å²) in [5, 5.41) is 5.51. The van der Waals surface area contributed by atoms with E-state index in [1.807, 2.05) is 0 Å². The van der Waals surface area contributed by atoms with Crippen LogP contribution in [0.1, 0.15) is 26.3 Å². The standard InChI is InChI=1S/C17H20N2O5/c1-17(2,3)24-16(22)18-9-10-5-7-11(8-6-10)19-12-13(20)14(21)15(12)23-4/h5-8,19H,9H2,1-4H3,(H,18,22). The average Bonchev–Trinajstić information content (AvgIpc) is 2.51. The molecule has 7 heteroatoms. The van der Waals surface area contributed by atoms with E-state index in [1.165, 1.54) is 7.11 Å². The minimum atomic E-state index is -0.627. The topological polar surface area (TPSA) is 93.7 Å². The molecule has 0 aliphatic rings. The van der Waals surface area contributed by atoms with Crippen LogP contribution in [0.4, 0.5) is 16.2 Å². The molecule has 0 atom stereocenters. The minimum Gasteiger partial charge on any atom is -0.491 e. The van der Waals surface area contributed by atoms with Gasteiger partial charge in [0, 0.05) is 12.2 Å². The molecule has 24 heavy (non-hydrogen) atoms. The summed E-state index contributed by atoms with van der Waals surface area (Å²) in [6.45, 7) is 5.70. The number of carbonyl (C=O) groups is 1. The van der Waals surface area contributed by atoms with E-state index in [0.29, 0.717) is 12.2 Å². The van der Waals surface area contributed by atoms with Crippen molar-refractivity contribution in [2.75, 3.05) is 12.4 Å². The highest BCUT2D eigenvalue weighted by atomic mass is 16.6. The molecule has 2 N–H and O–H groups in total. The van der Waals surface area contributed by atoms with Crippen LogP contribution >= 0.6 is 0 Å². The quantitative estimate of drug-likeness (QED) is 0.814. The Kier molecular flexibility index (Phi) is 4.92. The molecule has 0 radical (unpaired) electrons. The van der Waals surface area contributed by atoms with Gasteiger partial charge in [0.05, 0.1) is 7.11 Å². The second-order valence-electron chi connectivity index (χ2n) is 6.24. The van der Waals surface area contributed by atoms with E-state index < -0.39 is 22.6 Å². The van der Waals surface area contributed by atoms with Crippen LogP contribution in [0.2, 0.25) is 0 Å². The average molecular weight is 332 g/mol. The Hall–Kier alpha value is -2.83. The Labute approximate surface area is 139 Å². The first-order valence-electron chi connectivity index (χ1n) is 7.41. The van der Waals surface area contributed by atoms with Crippen molar-refractivity contribution in [3.63, 3.8) is 0 Å². The number of rotatable bonds is 5.